The molecule has 1 aromatic carbocycles. The number of rotatable bonds is 4. The highest BCUT2D eigenvalue weighted by Gasteiger charge is 2.19. The van der Waals surface area contributed by atoms with Crippen LogP contribution < -0.4 is 5.32 Å². The van der Waals surface area contributed by atoms with Gasteiger partial charge in [-0.3, -0.25) is 0 Å². The van der Waals surface area contributed by atoms with Gasteiger partial charge < -0.3 is 15.2 Å². The molecular weight excluding hydrogens is 242 g/mol. The van der Waals surface area contributed by atoms with Gasteiger partial charge >= 0.3 is 6.09 Å². The molecule has 106 valence electrons. The maximum atomic E-state index is 11.7. The number of hydrogen-bond acceptors (Lipinski definition) is 3. The van der Waals surface area contributed by atoms with E-state index in [1.807, 2.05) is 52.0 Å². The summed E-state index contributed by atoms with van der Waals surface area (Å²) in [6.07, 6.45) is 0.0859. The van der Waals surface area contributed by atoms with Gasteiger partial charge in [-0.15, -0.1) is 0 Å². The van der Waals surface area contributed by atoms with Gasteiger partial charge in [0.15, 0.2) is 0 Å². The van der Waals surface area contributed by atoms with Crippen molar-refractivity contribution < 1.29 is 14.6 Å². The van der Waals surface area contributed by atoms with E-state index in [2.05, 4.69) is 5.32 Å². The van der Waals surface area contributed by atoms with Crippen LogP contribution in [0.2, 0.25) is 0 Å². The Labute approximate surface area is 114 Å². The number of amides is 1. The number of nitrogens with one attached hydrogen (secondary N) is 1. The molecule has 19 heavy (non-hydrogen) atoms. The third-order valence-corrected chi connectivity index (χ3v) is 2.67. The monoisotopic (exact) mass is 265 g/mol. The average Bonchev–Trinajstić information content (AvgIpc) is 2.28. The number of alkyl carbamates (subject to hydrolysis) is 1. The number of carbonyl (C=O) groups is 1. The molecule has 2 N–H and O–H groups in total. The molecule has 0 bridgehead atoms. The van der Waals surface area contributed by atoms with Gasteiger partial charge in [0.1, 0.15) is 5.60 Å². The summed E-state index contributed by atoms with van der Waals surface area (Å²) < 4.78 is 5.18. The minimum atomic E-state index is -0.535. The number of carbonyl (C=O) groups excluding carboxylic acids is 1. The fourth-order valence-corrected chi connectivity index (χ4v) is 1.74. The molecule has 1 rings (SSSR count). The Hall–Kier alpha value is -1.55. The molecule has 1 amide bonds. The molecular formula is C15H23NO3. The van der Waals surface area contributed by atoms with Gasteiger partial charge in [0, 0.05) is 0 Å². The van der Waals surface area contributed by atoms with Crippen molar-refractivity contribution in [2.24, 2.45) is 0 Å². The Balaban J connectivity index is 2.60. The normalized spacial score (nSPS) is 12.9. The smallest absolute Gasteiger partial charge is 0.407 e. The molecule has 0 aliphatic heterocycles. The highest BCUT2D eigenvalue weighted by molar-refractivity contribution is 5.68. The third kappa shape index (κ3) is 5.75. The number of aryl methyl sites for hydroxylation is 1. The van der Waals surface area contributed by atoms with Crippen LogP contribution in [0, 0.1) is 6.92 Å². The van der Waals surface area contributed by atoms with Crippen molar-refractivity contribution in [1.82, 2.24) is 5.32 Å². The lowest BCUT2D eigenvalue weighted by Gasteiger charge is -2.23. The zero-order chi connectivity index (χ0) is 14.5. The summed E-state index contributed by atoms with van der Waals surface area (Å²) in [4.78, 5) is 11.7. The van der Waals surface area contributed by atoms with Crippen LogP contribution in [0.15, 0.2) is 24.3 Å². The first-order valence-corrected chi connectivity index (χ1v) is 6.46. The molecule has 1 atom stereocenters. The fraction of sp³-hybridized carbons (Fsp3) is 0.533. The predicted octanol–water partition coefficient (Wildman–Crippen LogP) is 2.42. The molecule has 0 saturated heterocycles. The summed E-state index contributed by atoms with van der Waals surface area (Å²) in [5, 5.41) is 12.0. The van der Waals surface area contributed by atoms with Crippen LogP contribution in [-0.4, -0.2) is 29.4 Å². The van der Waals surface area contributed by atoms with Crippen LogP contribution in [0.3, 0.4) is 0 Å². The van der Waals surface area contributed by atoms with E-state index in [0.29, 0.717) is 6.42 Å². The van der Waals surface area contributed by atoms with E-state index in [0.717, 1.165) is 11.1 Å². The summed E-state index contributed by atoms with van der Waals surface area (Å²) in [6.45, 7) is 7.32. The second-order valence-electron chi connectivity index (χ2n) is 5.66. The van der Waals surface area contributed by atoms with Crippen molar-refractivity contribution in [2.45, 2.75) is 45.8 Å². The van der Waals surface area contributed by atoms with Gasteiger partial charge in [-0.05, 0) is 45.2 Å². The van der Waals surface area contributed by atoms with Gasteiger partial charge in [0.2, 0.25) is 0 Å². The Morgan fingerprint density at radius 3 is 2.53 bits per heavy atom. The van der Waals surface area contributed by atoms with Crippen molar-refractivity contribution in [3.63, 3.8) is 0 Å². The highest BCUT2D eigenvalue weighted by Crippen LogP contribution is 2.11. The molecule has 4 heteroatoms. The quantitative estimate of drug-likeness (QED) is 0.879. The summed E-state index contributed by atoms with van der Waals surface area (Å²) in [7, 11) is 0. The Kier molecular flexibility index (Phi) is 5.36. The lowest BCUT2D eigenvalue weighted by molar-refractivity contribution is 0.0483. The van der Waals surface area contributed by atoms with E-state index in [1.54, 1.807) is 0 Å². The number of aliphatic hydroxyl groups is 1. The zero-order valence-electron chi connectivity index (χ0n) is 12.1. The largest absolute Gasteiger partial charge is 0.444 e. The number of aliphatic hydroxyl groups excluding tert-OH is 1. The van der Waals surface area contributed by atoms with Crippen LogP contribution in [0.4, 0.5) is 4.79 Å². The van der Waals surface area contributed by atoms with Crippen molar-refractivity contribution in [3.05, 3.63) is 35.4 Å². The summed E-state index contributed by atoms with van der Waals surface area (Å²) in [5.41, 5.74) is 1.72. The van der Waals surface area contributed by atoms with E-state index in [4.69, 9.17) is 4.74 Å². The van der Waals surface area contributed by atoms with E-state index in [9.17, 15) is 9.90 Å². The Morgan fingerprint density at radius 1 is 1.37 bits per heavy atom. The molecule has 0 saturated carbocycles. The predicted molar refractivity (Wildman–Crippen MR) is 75.1 cm³/mol. The molecule has 0 aromatic heterocycles. The lowest BCUT2D eigenvalue weighted by atomic mass is 10.0. The van der Waals surface area contributed by atoms with Crippen LogP contribution in [0.25, 0.3) is 0 Å². The Morgan fingerprint density at radius 2 is 2.00 bits per heavy atom. The van der Waals surface area contributed by atoms with E-state index in [1.165, 1.54) is 0 Å². The SMILES string of the molecule is Cc1ccccc1CC(CO)NC(=O)OC(C)(C)C. The van der Waals surface area contributed by atoms with Gasteiger partial charge in [-0.25, -0.2) is 4.79 Å². The van der Waals surface area contributed by atoms with Gasteiger partial charge in [-0.2, -0.15) is 0 Å². The van der Waals surface area contributed by atoms with Gasteiger partial charge in [-0.1, -0.05) is 24.3 Å². The maximum absolute atomic E-state index is 11.7. The topological polar surface area (TPSA) is 58.6 Å². The molecule has 4 nitrogen and oxygen atoms in total. The zero-order valence-corrected chi connectivity index (χ0v) is 12.1. The van der Waals surface area contributed by atoms with E-state index >= 15 is 0 Å². The first-order valence-electron chi connectivity index (χ1n) is 6.46. The molecule has 0 heterocycles. The standard InChI is InChI=1S/C15H23NO3/c1-11-7-5-6-8-12(11)9-13(10-17)16-14(18)19-15(2,3)4/h5-8,13,17H,9-10H2,1-4H3,(H,16,18). The number of benzene rings is 1. The summed E-state index contributed by atoms with van der Waals surface area (Å²) >= 11 is 0. The first kappa shape index (κ1) is 15.5. The first-order chi connectivity index (χ1) is 8.81. The summed E-state index contributed by atoms with van der Waals surface area (Å²) in [6, 6.07) is 7.58. The minimum Gasteiger partial charge on any atom is -0.444 e. The van der Waals surface area contributed by atoms with E-state index < -0.39 is 11.7 Å². The molecule has 0 radical (unpaired) electrons. The highest BCUT2D eigenvalue weighted by atomic mass is 16.6. The molecule has 0 aliphatic rings. The third-order valence-electron chi connectivity index (χ3n) is 2.67. The average molecular weight is 265 g/mol. The van der Waals surface area contributed by atoms with E-state index in [-0.39, 0.29) is 12.6 Å². The number of ether oxygens (including phenoxy) is 1. The van der Waals surface area contributed by atoms with Crippen molar-refractivity contribution in [3.8, 4) is 0 Å². The maximum Gasteiger partial charge on any atom is 0.407 e. The molecule has 1 unspecified atom stereocenters. The number of hydrogen-bond donors (Lipinski definition) is 2. The molecule has 0 fully saturated rings. The van der Waals surface area contributed by atoms with Crippen molar-refractivity contribution in [1.29, 1.82) is 0 Å². The van der Waals surface area contributed by atoms with Crippen LogP contribution in [0.5, 0.6) is 0 Å². The second-order valence-corrected chi connectivity index (χ2v) is 5.66. The Bertz CT molecular complexity index is 424. The summed E-state index contributed by atoms with van der Waals surface area (Å²) in [5.74, 6) is 0. The minimum absolute atomic E-state index is 0.117. The fourth-order valence-electron chi connectivity index (χ4n) is 1.74. The van der Waals surface area contributed by atoms with Crippen molar-refractivity contribution >= 4 is 6.09 Å². The molecule has 1 aromatic rings. The molecule has 0 spiro atoms. The molecule has 0 aliphatic carbocycles. The van der Waals surface area contributed by atoms with Gasteiger partial charge in [0.25, 0.3) is 0 Å². The van der Waals surface area contributed by atoms with Gasteiger partial charge in [0.05, 0.1) is 12.6 Å². The lowest BCUT2D eigenvalue weighted by Crippen LogP contribution is -2.42. The van der Waals surface area contributed by atoms with Crippen LogP contribution in [0.1, 0.15) is 31.9 Å². The van der Waals surface area contributed by atoms with Crippen LogP contribution >= 0.6 is 0 Å². The second kappa shape index (κ2) is 6.57. The van der Waals surface area contributed by atoms with Crippen molar-refractivity contribution in [2.75, 3.05) is 6.61 Å². The van der Waals surface area contributed by atoms with Crippen LogP contribution in [-0.2, 0) is 11.2 Å².